The maximum atomic E-state index is 13.2. The average Bonchev–Trinajstić information content (AvgIpc) is 2.54. The van der Waals surface area contributed by atoms with Gasteiger partial charge in [0.15, 0.2) is 6.61 Å². The lowest BCUT2D eigenvalue weighted by atomic mass is 10.1. The van der Waals surface area contributed by atoms with Gasteiger partial charge in [0.1, 0.15) is 5.82 Å². The summed E-state index contributed by atoms with van der Waals surface area (Å²) in [4.78, 5) is 34.2. The summed E-state index contributed by atoms with van der Waals surface area (Å²) in [5, 5.41) is 10.9. The summed E-state index contributed by atoms with van der Waals surface area (Å²) in [6.07, 6.45) is 0. The number of hydrogen-bond donors (Lipinski definition) is 0. The zero-order valence-corrected chi connectivity index (χ0v) is 14.0. The molecule has 8 heteroatoms. The Balaban J connectivity index is 2.10. The van der Waals surface area contributed by atoms with Gasteiger partial charge in [0, 0.05) is 21.7 Å². The average molecular weight is 396 g/mol. The predicted octanol–water partition coefficient (Wildman–Crippen LogP) is 3.84. The molecule has 0 N–H and O–H groups in total. The van der Waals surface area contributed by atoms with Crippen LogP contribution in [-0.4, -0.2) is 23.3 Å². The first-order valence-corrected chi connectivity index (χ1v) is 7.49. The van der Waals surface area contributed by atoms with Crippen LogP contribution in [0.15, 0.2) is 40.9 Å². The highest BCUT2D eigenvalue weighted by Gasteiger charge is 2.18. The van der Waals surface area contributed by atoms with Crippen LogP contribution in [-0.2, 0) is 4.74 Å². The fourth-order valence-corrected chi connectivity index (χ4v) is 2.33. The van der Waals surface area contributed by atoms with Crippen molar-refractivity contribution in [1.29, 1.82) is 0 Å². The van der Waals surface area contributed by atoms with Crippen molar-refractivity contribution in [3.05, 3.63) is 73.5 Å². The molecular formula is C16H11BrFNO5. The summed E-state index contributed by atoms with van der Waals surface area (Å²) in [5.74, 6) is -2.10. The Morgan fingerprint density at radius 2 is 1.96 bits per heavy atom. The van der Waals surface area contributed by atoms with Gasteiger partial charge < -0.3 is 4.74 Å². The van der Waals surface area contributed by atoms with Crippen LogP contribution in [0.4, 0.5) is 10.1 Å². The van der Waals surface area contributed by atoms with Gasteiger partial charge in [-0.15, -0.1) is 0 Å². The van der Waals surface area contributed by atoms with E-state index in [1.165, 1.54) is 18.2 Å². The van der Waals surface area contributed by atoms with Crippen molar-refractivity contribution in [2.75, 3.05) is 6.61 Å². The summed E-state index contributed by atoms with van der Waals surface area (Å²) in [7, 11) is 0. The number of carbonyl (C=O) groups excluding carboxylic acids is 2. The molecular weight excluding hydrogens is 385 g/mol. The first-order chi connectivity index (χ1) is 11.3. The Hall–Kier alpha value is -2.61. The maximum absolute atomic E-state index is 13.2. The van der Waals surface area contributed by atoms with Crippen molar-refractivity contribution < 1.29 is 23.6 Å². The van der Waals surface area contributed by atoms with E-state index in [1.54, 1.807) is 6.92 Å². The molecule has 0 fully saturated rings. The van der Waals surface area contributed by atoms with Gasteiger partial charge in [0.2, 0.25) is 5.78 Å². The third-order valence-electron chi connectivity index (χ3n) is 3.21. The van der Waals surface area contributed by atoms with Crippen LogP contribution in [0.2, 0.25) is 0 Å². The molecule has 0 bridgehead atoms. The molecule has 0 aliphatic carbocycles. The van der Waals surface area contributed by atoms with Crippen molar-refractivity contribution >= 4 is 33.4 Å². The van der Waals surface area contributed by atoms with E-state index in [0.29, 0.717) is 10.0 Å². The van der Waals surface area contributed by atoms with Crippen LogP contribution in [0.3, 0.4) is 0 Å². The molecule has 0 saturated heterocycles. The zero-order chi connectivity index (χ0) is 17.9. The van der Waals surface area contributed by atoms with Crippen LogP contribution >= 0.6 is 15.9 Å². The highest BCUT2D eigenvalue weighted by atomic mass is 79.9. The zero-order valence-electron chi connectivity index (χ0n) is 12.4. The molecule has 24 heavy (non-hydrogen) atoms. The minimum absolute atomic E-state index is 0.0541. The molecule has 0 aliphatic rings. The number of rotatable bonds is 5. The summed E-state index contributed by atoms with van der Waals surface area (Å²) in [5.41, 5.74) is 0.216. The lowest BCUT2D eigenvalue weighted by Gasteiger charge is -2.07. The molecule has 124 valence electrons. The number of nitro benzene ring substituents is 1. The number of aryl methyl sites for hydroxylation is 1. The number of nitrogens with zero attached hydrogens (tertiary/aromatic N) is 1. The van der Waals surface area contributed by atoms with Gasteiger partial charge in [-0.1, -0.05) is 12.1 Å². The molecule has 2 aromatic carbocycles. The fraction of sp³-hybridized carbons (Fsp3) is 0.125. The lowest BCUT2D eigenvalue weighted by molar-refractivity contribution is -0.385. The number of ketones is 1. The van der Waals surface area contributed by atoms with E-state index in [0.717, 1.165) is 18.2 Å². The first kappa shape index (κ1) is 17.7. The van der Waals surface area contributed by atoms with Gasteiger partial charge in [-0.2, -0.15) is 0 Å². The topological polar surface area (TPSA) is 86.5 Å². The van der Waals surface area contributed by atoms with Crippen LogP contribution in [0.25, 0.3) is 0 Å². The highest BCUT2D eigenvalue weighted by Crippen LogP contribution is 2.21. The van der Waals surface area contributed by atoms with Crippen LogP contribution < -0.4 is 0 Å². The molecule has 0 aliphatic heterocycles. The molecule has 0 saturated carbocycles. The molecule has 0 spiro atoms. The van der Waals surface area contributed by atoms with Gasteiger partial charge in [-0.05, 0) is 41.1 Å². The quantitative estimate of drug-likeness (QED) is 0.332. The van der Waals surface area contributed by atoms with Gasteiger partial charge in [-0.25, -0.2) is 9.18 Å². The molecule has 0 atom stereocenters. The van der Waals surface area contributed by atoms with Crippen molar-refractivity contribution in [3.8, 4) is 0 Å². The van der Waals surface area contributed by atoms with Crippen molar-refractivity contribution in [1.82, 2.24) is 0 Å². The standard InChI is InChI=1S/C16H11BrFNO5/c1-9-2-3-10(6-14(9)19(22)23)15(20)8-24-16(21)12-7-11(18)4-5-13(12)17/h2-7H,8H2,1H3. The molecule has 2 rings (SSSR count). The van der Waals surface area contributed by atoms with Crippen LogP contribution in [0.5, 0.6) is 0 Å². The second-order valence-corrected chi connectivity index (χ2v) is 5.74. The van der Waals surface area contributed by atoms with E-state index >= 15 is 0 Å². The van der Waals surface area contributed by atoms with E-state index in [2.05, 4.69) is 15.9 Å². The molecule has 2 aromatic rings. The van der Waals surface area contributed by atoms with Crippen LogP contribution in [0.1, 0.15) is 26.3 Å². The van der Waals surface area contributed by atoms with Crippen molar-refractivity contribution in [3.63, 3.8) is 0 Å². The normalized spacial score (nSPS) is 10.3. The lowest BCUT2D eigenvalue weighted by Crippen LogP contribution is -2.15. The van der Waals surface area contributed by atoms with Gasteiger partial charge in [0.05, 0.1) is 10.5 Å². The van der Waals surface area contributed by atoms with E-state index in [9.17, 15) is 24.1 Å². The third kappa shape index (κ3) is 4.02. The Kier molecular flexibility index (Phi) is 5.40. The van der Waals surface area contributed by atoms with Crippen LogP contribution in [0, 0.1) is 22.9 Å². The predicted molar refractivity (Wildman–Crippen MR) is 86.5 cm³/mol. The highest BCUT2D eigenvalue weighted by molar-refractivity contribution is 9.10. The summed E-state index contributed by atoms with van der Waals surface area (Å²) in [6, 6.07) is 7.47. The number of carbonyl (C=O) groups is 2. The number of nitro groups is 1. The second-order valence-electron chi connectivity index (χ2n) is 4.88. The smallest absolute Gasteiger partial charge is 0.339 e. The monoisotopic (exact) mass is 395 g/mol. The Morgan fingerprint density at radius 1 is 1.25 bits per heavy atom. The number of halogens is 2. The summed E-state index contributed by atoms with van der Waals surface area (Å²) >= 11 is 3.09. The minimum atomic E-state index is -0.878. The third-order valence-corrected chi connectivity index (χ3v) is 3.90. The van der Waals surface area contributed by atoms with Crippen molar-refractivity contribution in [2.24, 2.45) is 0 Å². The van der Waals surface area contributed by atoms with E-state index < -0.39 is 29.1 Å². The first-order valence-electron chi connectivity index (χ1n) is 6.70. The van der Waals surface area contributed by atoms with E-state index in [-0.39, 0.29) is 16.8 Å². The summed E-state index contributed by atoms with van der Waals surface area (Å²) < 4.78 is 18.4. The fourth-order valence-electron chi connectivity index (χ4n) is 1.93. The molecule has 0 aromatic heterocycles. The number of esters is 1. The van der Waals surface area contributed by atoms with Gasteiger partial charge in [0.25, 0.3) is 5.69 Å². The largest absolute Gasteiger partial charge is 0.454 e. The van der Waals surface area contributed by atoms with Crippen molar-refractivity contribution in [2.45, 2.75) is 6.92 Å². The second kappa shape index (κ2) is 7.31. The number of hydrogen-bond acceptors (Lipinski definition) is 5. The minimum Gasteiger partial charge on any atom is -0.454 e. The molecule has 6 nitrogen and oxygen atoms in total. The Morgan fingerprint density at radius 3 is 2.62 bits per heavy atom. The van der Waals surface area contributed by atoms with Gasteiger partial charge >= 0.3 is 5.97 Å². The molecule has 0 amide bonds. The Labute approximate surface area is 144 Å². The molecule has 0 radical (unpaired) electrons. The van der Waals surface area contributed by atoms with E-state index in [4.69, 9.17) is 4.74 Å². The summed E-state index contributed by atoms with van der Waals surface area (Å²) in [6.45, 7) is 0.940. The SMILES string of the molecule is Cc1ccc(C(=O)COC(=O)c2cc(F)ccc2Br)cc1[N+](=O)[O-]. The Bertz CT molecular complexity index is 837. The number of benzene rings is 2. The maximum Gasteiger partial charge on any atom is 0.339 e. The van der Waals surface area contributed by atoms with Gasteiger partial charge in [-0.3, -0.25) is 14.9 Å². The van der Waals surface area contributed by atoms with E-state index in [1.807, 2.05) is 0 Å². The molecule has 0 unspecified atom stereocenters. The molecule has 0 heterocycles. The number of Topliss-reactive ketones (excluding diaryl/α,β-unsaturated/α-hetero) is 1. The number of ether oxygens (including phenoxy) is 1.